The lowest BCUT2D eigenvalue weighted by atomic mass is 9.93. The average Bonchev–Trinajstić information content (AvgIpc) is 2.47. The van der Waals surface area contributed by atoms with Crippen molar-refractivity contribution in [1.82, 2.24) is 4.98 Å². The minimum Gasteiger partial charge on any atom is -0.351 e. The number of nitrogens with two attached hydrogens (primary N) is 1. The van der Waals surface area contributed by atoms with Gasteiger partial charge in [0.1, 0.15) is 11.6 Å². The van der Waals surface area contributed by atoms with E-state index in [1.807, 2.05) is 11.0 Å². The smallest absolute Gasteiger partial charge is 0.329 e. The van der Waals surface area contributed by atoms with Gasteiger partial charge in [-0.25, -0.2) is 4.98 Å². The Kier molecular flexibility index (Phi) is 4.48. The average molecular weight is 275 g/mol. The molecule has 1 aliphatic rings. The van der Waals surface area contributed by atoms with Crippen LogP contribution in [0.25, 0.3) is 0 Å². The van der Waals surface area contributed by atoms with Crippen molar-refractivity contribution in [2.75, 3.05) is 24.5 Å². The molecule has 2 heterocycles. The third-order valence-electron chi connectivity index (χ3n) is 3.70. The number of aromatic nitrogens is 1. The first kappa shape index (κ1) is 14.2. The Bertz CT molecular complexity index is 532. The molecule has 0 unspecified atom stereocenters. The maximum Gasteiger partial charge on any atom is 0.329 e. The lowest BCUT2D eigenvalue weighted by molar-refractivity contribution is -0.384. The summed E-state index contributed by atoms with van der Waals surface area (Å²) in [4.78, 5) is 16.7. The second kappa shape index (κ2) is 6.30. The summed E-state index contributed by atoms with van der Waals surface area (Å²) in [5, 5.41) is 20.2. The van der Waals surface area contributed by atoms with Crippen LogP contribution in [0.2, 0.25) is 0 Å². The Labute approximate surface area is 117 Å². The first-order chi connectivity index (χ1) is 9.67. The first-order valence-electron chi connectivity index (χ1n) is 6.66. The third-order valence-corrected chi connectivity index (χ3v) is 3.70. The predicted octanol–water partition coefficient (Wildman–Crippen LogP) is 1.43. The summed E-state index contributed by atoms with van der Waals surface area (Å²) in [6.07, 6.45) is 4.34. The van der Waals surface area contributed by atoms with Crippen LogP contribution in [-0.2, 0) is 0 Å². The molecule has 2 N–H and O–H groups in total. The van der Waals surface area contributed by atoms with E-state index in [9.17, 15) is 10.1 Å². The number of rotatable bonds is 4. The fourth-order valence-electron chi connectivity index (χ4n) is 2.61. The molecule has 20 heavy (non-hydrogen) atoms. The van der Waals surface area contributed by atoms with Gasteiger partial charge in [-0.2, -0.15) is 5.26 Å². The fourth-order valence-corrected chi connectivity index (χ4v) is 2.61. The van der Waals surface area contributed by atoms with Gasteiger partial charge in [-0.15, -0.1) is 0 Å². The fraction of sp³-hybridized carbons (Fsp3) is 0.538. The second-order valence-corrected chi connectivity index (χ2v) is 4.91. The van der Waals surface area contributed by atoms with Crippen molar-refractivity contribution < 1.29 is 4.92 Å². The normalized spacial score (nSPS) is 15.9. The molecule has 0 bridgehead atoms. The Morgan fingerprint density at radius 2 is 2.25 bits per heavy atom. The number of nitro groups is 1. The van der Waals surface area contributed by atoms with Gasteiger partial charge in [-0.05, 0) is 37.8 Å². The number of pyridine rings is 1. The molecule has 0 atom stereocenters. The molecule has 1 aliphatic heterocycles. The van der Waals surface area contributed by atoms with Crippen LogP contribution in [0.4, 0.5) is 11.5 Å². The summed E-state index contributed by atoms with van der Waals surface area (Å²) in [6.45, 7) is 2.10. The summed E-state index contributed by atoms with van der Waals surface area (Å²) in [6, 6.07) is 3.24. The van der Waals surface area contributed by atoms with Crippen LogP contribution < -0.4 is 10.6 Å². The molecule has 7 nitrogen and oxygen atoms in total. The minimum atomic E-state index is -0.521. The van der Waals surface area contributed by atoms with Crippen molar-refractivity contribution in [2.45, 2.75) is 19.3 Å². The molecule has 7 heteroatoms. The Morgan fingerprint density at radius 1 is 1.55 bits per heavy atom. The molecule has 0 saturated carbocycles. The Balaban J connectivity index is 2.22. The Morgan fingerprint density at radius 3 is 2.80 bits per heavy atom. The van der Waals surface area contributed by atoms with Crippen molar-refractivity contribution in [1.29, 1.82) is 5.26 Å². The number of nitrogens with zero attached hydrogens (tertiary/aromatic N) is 4. The van der Waals surface area contributed by atoms with E-state index in [1.165, 1.54) is 12.3 Å². The SMILES string of the molecule is N#Cc1ccnc(N2CCC(CCN)CC2)c1[N+](=O)[O-]. The van der Waals surface area contributed by atoms with E-state index in [0.717, 1.165) is 19.3 Å². The largest absolute Gasteiger partial charge is 0.351 e. The van der Waals surface area contributed by atoms with Crippen molar-refractivity contribution >= 4 is 11.5 Å². The maximum absolute atomic E-state index is 11.2. The van der Waals surface area contributed by atoms with Crippen molar-refractivity contribution in [3.63, 3.8) is 0 Å². The van der Waals surface area contributed by atoms with Gasteiger partial charge in [-0.3, -0.25) is 10.1 Å². The highest BCUT2D eigenvalue weighted by atomic mass is 16.6. The van der Waals surface area contributed by atoms with Crippen LogP contribution in [-0.4, -0.2) is 29.5 Å². The number of nitriles is 1. The van der Waals surface area contributed by atoms with Crippen molar-refractivity contribution in [2.24, 2.45) is 11.7 Å². The second-order valence-electron chi connectivity index (χ2n) is 4.91. The van der Waals surface area contributed by atoms with Gasteiger partial charge in [-0.1, -0.05) is 0 Å². The summed E-state index contributed by atoms with van der Waals surface area (Å²) in [5.41, 5.74) is 5.43. The van der Waals surface area contributed by atoms with Crippen molar-refractivity contribution in [3.8, 4) is 6.07 Å². The van der Waals surface area contributed by atoms with E-state index in [0.29, 0.717) is 31.4 Å². The monoisotopic (exact) mass is 275 g/mol. The number of hydrogen-bond acceptors (Lipinski definition) is 6. The highest BCUT2D eigenvalue weighted by molar-refractivity contribution is 5.65. The van der Waals surface area contributed by atoms with Gasteiger partial charge in [0.15, 0.2) is 0 Å². The molecule has 2 rings (SSSR count). The van der Waals surface area contributed by atoms with Crippen LogP contribution in [0.3, 0.4) is 0 Å². The maximum atomic E-state index is 11.2. The summed E-state index contributed by atoms with van der Waals surface area (Å²) in [5.74, 6) is 0.884. The molecule has 1 aromatic rings. The molecule has 0 spiro atoms. The molecule has 0 amide bonds. The summed E-state index contributed by atoms with van der Waals surface area (Å²) < 4.78 is 0. The highest BCUT2D eigenvalue weighted by Gasteiger charge is 2.28. The van der Waals surface area contributed by atoms with Gasteiger partial charge in [0.2, 0.25) is 5.82 Å². The molecule has 0 aromatic carbocycles. The molecule has 1 aromatic heterocycles. The quantitative estimate of drug-likeness (QED) is 0.657. The van der Waals surface area contributed by atoms with E-state index in [1.54, 1.807) is 0 Å². The highest BCUT2D eigenvalue weighted by Crippen LogP contribution is 2.32. The first-order valence-corrected chi connectivity index (χ1v) is 6.66. The zero-order chi connectivity index (χ0) is 14.5. The summed E-state index contributed by atoms with van der Waals surface area (Å²) in [7, 11) is 0. The molecular formula is C13H17N5O2. The van der Waals surface area contributed by atoms with Gasteiger partial charge in [0, 0.05) is 19.3 Å². The van der Waals surface area contributed by atoms with E-state index in [2.05, 4.69) is 4.98 Å². The van der Waals surface area contributed by atoms with E-state index in [-0.39, 0.29) is 11.3 Å². The van der Waals surface area contributed by atoms with Crippen LogP contribution in [0.5, 0.6) is 0 Å². The van der Waals surface area contributed by atoms with Crippen LogP contribution in [0.1, 0.15) is 24.8 Å². The topological polar surface area (TPSA) is 109 Å². The standard InChI is InChI=1S/C13H17N5O2/c14-5-1-10-3-7-17(8-4-10)13-12(18(19)20)11(9-15)2-6-16-13/h2,6,10H,1,3-5,7-8,14H2. The molecule has 0 radical (unpaired) electrons. The Hall–Kier alpha value is -2.20. The molecule has 0 aliphatic carbocycles. The number of anilines is 1. The molecule has 1 fully saturated rings. The predicted molar refractivity (Wildman–Crippen MR) is 74.2 cm³/mol. The van der Waals surface area contributed by atoms with Crippen LogP contribution in [0, 0.1) is 27.4 Å². The van der Waals surface area contributed by atoms with Gasteiger partial charge >= 0.3 is 5.69 Å². The number of hydrogen-bond donors (Lipinski definition) is 1. The van der Waals surface area contributed by atoms with E-state index >= 15 is 0 Å². The molecule has 1 saturated heterocycles. The van der Waals surface area contributed by atoms with Gasteiger partial charge in [0.25, 0.3) is 0 Å². The van der Waals surface area contributed by atoms with Gasteiger partial charge in [0.05, 0.1) is 4.92 Å². The van der Waals surface area contributed by atoms with Crippen molar-refractivity contribution in [3.05, 3.63) is 27.9 Å². The zero-order valence-electron chi connectivity index (χ0n) is 11.2. The number of piperidine rings is 1. The molecule has 106 valence electrons. The van der Waals surface area contributed by atoms with Crippen LogP contribution >= 0.6 is 0 Å². The zero-order valence-corrected chi connectivity index (χ0v) is 11.2. The molecular weight excluding hydrogens is 258 g/mol. The lowest BCUT2D eigenvalue weighted by Crippen LogP contribution is -2.35. The van der Waals surface area contributed by atoms with Crippen LogP contribution in [0.15, 0.2) is 12.3 Å². The third kappa shape index (κ3) is 2.86. The van der Waals surface area contributed by atoms with E-state index in [4.69, 9.17) is 11.0 Å². The van der Waals surface area contributed by atoms with Gasteiger partial charge < -0.3 is 10.6 Å². The summed E-state index contributed by atoms with van der Waals surface area (Å²) >= 11 is 0. The lowest BCUT2D eigenvalue weighted by Gasteiger charge is -2.32. The van der Waals surface area contributed by atoms with E-state index < -0.39 is 4.92 Å². The minimum absolute atomic E-state index is 0.0593.